The molecule has 2 amide bonds. The molecule has 2 aliphatic heterocycles. The lowest BCUT2D eigenvalue weighted by Crippen LogP contribution is -2.43. The van der Waals surface area contributed by atoms with Gasteiger partial charge in [0.05, 0.1) is 23.4 Å². The Hall–Kier alpha value is -3.11. The van der Waals surface area contributed by atoms with Crippen molar-refractivity contribution in [3.8, 4) is 11.5 Å². The molecule has 2 atom stereocenters. The van der Waals surface area contributed by atoms with E-state index in [4.69, 9.17) is 9.47 Å². The molecule has 2 aliphatic rings. The second-order valence-corrected chi connectivity index (χ2v) is 9.69. The van der Waals surface area contributed by atoms with Gasteiger partial charge < -0.3 is 20.1 Å². The summed E-state index contributed by atoms with van der Waals surface area (Å²) in [4.78, 5) is 24.9. The van der Waals surface area contributed by atoms with E-state index in [-0.39, 0.29) is 23.1 Å². The quantitative estimate of drug-likeness (QED) is 0.710. The summed E-state index contributed by atoms with van der Waals surface area (Å²) in [6, 6.07) is 9.11. The summed E-state index contributed by atoms with van der Waals surface area (Å²) in [5.41, 5.74) is 1.36. The fourth-order valence-electron chi connectivity index (χ4n) is 4.00. The zero-order valence-electron chi connectivity index (χ0n) is 18.0. The van der Waals surface area contributed by atoms with Crippen LogP contribution in [0.15, 0.2) is 41.3 Å². The number of fused-ring (bicyclic) bond motifs is 1. The Morgan fingerprint density at radius 2 is 2.03 bits per heavy atom. The number of methoxy groups -OCH3 is 1. The van der Waals surface area contributed by atoms with Gasteiger partial charge in [0, 0.05) is 12.6 Å². The first-order valence-corrected chi connectivity index (χ1v) is 11.7. The molecule has 1 fully saturated rings. The molecule has 0 bridgehead atoms. The number of hydrogen-bond acceptors (Lipinski definition) is 6. The highest BCUT2D eigenvalue weighted by atomic mass is 32.2. The predicted octanol–water partition coefficient (Wildman–Crippen LogP) is 2.51. The smallest absolute Gasteiger partial charge is 0.265 e. The second-order valence-electron chi connectivity index (χ2n) is 7.83. The Bertz CT molecular complexity index is 1180. The molecule has 2 heterocycles. The van der Waals surface area contributed by atoms with Gasteiger partial charge in [-0.25, -0.2) is 8.42 Å². The number of anilines is 2. The number of carbonyl (C=O) groups is 2. The molecule has 170 valence electrons. The number of hydrogen-bond donors (Lipinski definition) is 2. The van der Waals surface area contributed by atoms with E-state index in [9.17, 15) is 18.0 Å². The van der Waals surface area contributed by atoms with Gasteiger partial charge in [0.25, 0.3) is 5.91 Å². The van der Waals surface area contributed by atoms with E-state index in [2.05, 4.69) is 10.6 Å². The van der Waals surface area contributed by atoms with Crippen LogP contribution in [0.1, 0.15) is 25.3 Å². The molecular weight excluding hydrogens is 434 g/mol. The van der Waals surface area contributed by atoms with Crippen LogP contribution in [0.3, 0.4) is 0 Å². The minimum atomic E-state index is -3.99. The first-order valence-electron chi connectivity index (χ1n) is 10.3. The molecule has 0 saturated carbocycles. The molecule has 32 heavy (non-hydrogen) atoms. The fourth-order valence-corrected chi connectivity index (χ4v) is 5.88. The largest absolute Gasteiger partial charge is 0.495 e. The maximum atomic E-state index is 13.6. The average molecular weight is 460 g/mol. The molecule has 0 unspecified atom stereocenters. The summed E-state index contributed by atoms with van der Waals surface area (Å²) in [6.45, 7) is 3.47. The van der Waals surface area contributed by atoms with Crippen LogP contribution in [0.2, 0.25) is 0 Å². The maximum absolute atomic E-state index is 13.6. The summed E-state index contributed by atoms with van der Waals surface area (Å²) in [5.74, 6) is 0.0750. The molecule has 2 N–H and O–H groups in total. The second kappa shape index (κ2) is 8.44. The van der Waals surface area contributed by atoms with Crippen molar-refractivity contribution in [1.29, 1.82) is 0 Å². The normalized spacial score (nSPS) is 20.8. The maximum Gasteiger partial charge on any atom is 0.265 e. The Kier molecular flexibility index (Phi) is 5.83. The molecular formula is C22H25N3O6S. The highest BCUT2D eigenvalue weighted by molar-refractivity contribution is 7.89. The lowest BCUT2D eigenvalue weighted by atomic mass is 10.1. The van der Waals surface area contributed by atoms with Crippen LogP contribution >= 0.6 is 0 Å². The Labute approximate surface area is 186 Å². The van der Waals surface area contributed by atoms with Crippen molar-refractivity contribution in [2.45, 2.75) is 43.7 Å². The lowest BCUT2D eigenvalue weighted by Gasteiger charge is -2.27. The summed E-state index contributed by atoms with van der Waals surface area (Å²) in [5, 5.41) is 5.51. The van der Waals surface area contributed by atoms with Crippen LogP contribution in [0.4, 0.5) is 11.4 Å². The Morgan fingerprint density at radius 3 is 2.78 bits per heavy atom. The number of nitrogens with zero attached hydrogens (tertiary/aromatic N) is 1. The van der Waals surface area contributed by atoms with Gasteiger partial charge in [-0.05, 0) is 50.5 Å². The minimum absolute atomic E-state index is 0.0524. The zero-order valence-corrected chi connectivity index (χ0v) is 18.9. The van der Waals surface area contributed by atoms with Gasteiger partial charge in [-0.3, -0.25) is 9.59 Å². The third-order valence-corrected chi connectivity index (χ3v) is 7.72. The van der Waals surface area contributed by atoms with Gasteiger partial charge >= 0.3 is 0 Å². The van der Waals surface area contributed by atoms with E-state index >= 15 is 0 Å². The molecule has 9 nitrogen and oxygen atoms in total. The topological polar surface area (TPSA) is 114 Å². The number of rotatable bonds is 5. The number of aryl methyl sites for hydroxylation is 1. The van der Waals surface area contributed by atoms with E-state index in [1.807, 2.05) is 0 Å². The highest BCUT2D eigenvalue weighted by Crippen LogP contribution is 2.37. The third-order valence-electron chi connectivity index (χ3n) is 5.67. The van der Waals surface area contributed by atoms with E-state index in [1.165, 1.54) is 17.5 Å². The zero-order chi connectivity index (χ0) is 23.0. The summed E-state index contributed by atoms with van der Waals surface area (Å²) < 4.78 is 39.2. The van der Waals surface area contributed by atoms with Crippen molar-refractivity contribution in [1.82, 2.24) is 4.31 Å². The highest BCUT2D eigenvalue weighted by Gasteiger charge is 2.41. The summed E-state index contributed by atoms with van der Waals surface area (Å²) in [7, 11) is -2.49. The van der Waals surface area contributed by atoms with Crippen molar-refractivity contribution in [2.75, 3.05) is 24.3 Å². The van der Waals surface area contributed by atoms with Gasteiger partial charge in [0.1, 0.15) is 17.5 Å². The van der Waals surface area contributed by atoms with Crippen molar-refractivity contribution in [2.24, 2.45) is 0 Å². The van der Waals surface area contributed by atoms with Crippen LogP contribution in [-0.4, -0.2) is 50.3 Å². The van der Waals surface area contributed by atoms with Crippen LogP contribution in [0.25, 0.3) is 0 Å². The monoisotopic (exact) mass is 459 g/mol. The number of benzene rings is 2. The molecule has 0 radical (unpaired) electrons. The first-order chi connectivity index (χ1) is 15.2. The van der Waals surface area contributed by atoms with Crippen LogP contribution in [0, 0.1) is 6.92 Å². The van der Waals surface area contributed by atoms with Gasteiger partial charge in [-0.15, -0.1) is 0 Å². The van der Waals surface area contributed by atoms with Crippen LogP contribution in [0.5, 0.6) is 11.5 Å². The van der Waals surface area contributed by atoms with Crippen molar-refractivity contribution in [3.63, 3.8) is 0 Å². The number of sulfonamides is 1. The van der Waals surface area contributed by atoms with Gasteiger partial charge in [0.15, 0.2) is 6.10 Å². The summed E-state index contributed by atoms with van der Waals surface area (Å²) in [6.07, 6.45) is 0.247. The molecule has 2 aromatic rings. The molecule has 10 heteroatoms. The molecule has 2 aromatic carbocycles. The number of para-hydroxylation sites is 2. The number of ether oxygens (including phenoxy) is 2. The van der Waals surface area contributed by atoms with E-state index in [0.717, 1.165) is 0 Å². The van der Waals surface area contributed by atoms with E-state index in [0.29, 0.717) is 35.5 Å². The van der Waals surface area contributed by atoms with Crippen LogP contribution < -0.4 is 20.1 Å². The van der Waals surface area contributed by atoms with Crippen LogP contribution in [-0.2, 0) is 19.6 Å². The van der Waals surface area contributed by atoms with Gasteiger partial charge in [0.2, 0.25) is 15.9 Å². The van der Waals surface area contributed by atoms with Crippen molar-refractivity contribution < 1.29 is 27.5 Å². The number of nitrogens with one attached hydrogen (secondary N) is 2. The Morgan fingerprint density at radius 1 is 1.28 bits per heavy atom. The summed E-state index contributed by atoms with van der Waals surface area (Å²) >= 11 is 0. The van der Waals surface area contributed by atoms with Gasteiger partial charge in [-0.1, -0.05) is 12.1 Å². The third kappa shape index (κ3) is 3.91. The molecule has 4 rings (SSSR count). The molecule has 1 saturated heterocycles. The van der Waals surface area contributed by atoms with Gasteiger partial charge in [-0.2, -0.15) is 4.31 Å². The standard InChI is InChI=1S/C22H25N3O6S/c1-13-11-16-19(31-14(2)21(26)24-16)12-20(13)32(28,29)25-10-6-8-17(25)22(27)23-15-7-4-5-9-18(15)30-3/h4-5,7,9,11-12,14,17H,6,8,10H2,1-3H3,(H,23,27)(H,24,26)/t14-,17-/m0/s1. The number of carbonyl (C=O) groups excluding carboxylic acids is 2. The Balaban J connectivity index is 1.63. The average Bonchev–Trinajstić information content (AvgIpc) is 3.26. The lowest BCUT2D eigenvalue weighted by molar-refractivity contribution is -0.122. The van der Waals surface area contributed by atoms with Crippen molar-refractivity contribution in [3.05, 3.63) is 42.0 Å². The first kappa shape index (κ1) is 22.1. The van der Waals surface area contributed by atoms with E-state index in [1.54, 1.807) is 44.2 Å². The molecule has 0 aliphatic carbocycles. The molecule has 0 spiro atoms. The van der Waals surface area contributed by atoms with Crippen molar-refractivity contribution >= 4 is 33.2 Å². The molecule has 0 aromatic heterocycles. The fraction of sp³-hybridized carbons (Fsp3) is 0.364. The van der Waals surface area contributed by atoms with E-state index < -0.39 is 28.1 Å². The predicted molar refractivity (Wildman–Crippen MR) is 118 cm³/mol. The number of amides is 2. The SMILES string of the molecule is COc1ccccc1NC(=O)[C@@H]1CCCN1S(=O)(=O)c1cc2c(cc1C)NC(=O)[C@H](C)O2. The minimum Gasteiger partial charge on any atom is -0.495 e.